The SMILES string of the molecule is CN1C(=O)CCC(NCc2cc(C(=O)O)co2)C1=O. The van der Waals surface area contributed by atoms with Crippen LogP contribution in [0.4, 0.5) is 0 Å². The Morgan fingerprint density at radius 1 is 1.58 bits per heavy atom. The molecule has 1 aliphatic rings. The van der Waals surface area contributed by atoms with Crippen LogP contribution in [0.25, 0.3) is 0 Å². The van der Waals surface area contributed by atoms with Crippen molar-refractivity contribution in [1.29, 1.82) is 0 Å². The third kappa shape index (κ3) is 2.82. The molecule has 0 bridgehead atoms. The molecule has 2 amide bonds. The molecule has 1 atom stereocenters. The fourth-order valence-electron chi connectivity index (χ4n) is 1.91. The maximum absolute atomic E-state index is 11.8. The molecule has 2 heterocycles. The molecule has 0 aromatic carbocycles. The van der Waals surface area contributed by atoms with E-state index in [1.165, 1.54) is 13.1 Å². The van der Waals surface area contributed by atoms with E-state index in [0.29, 0.717) is 18.6 Å². The number of furan rings is 1. The zero-order chi connectivity index (χ0) is 14.0. The molecule has 1 saturated heterocycles. The number of imide groups is 1. The molecular formula is C12H14N2O5. The zero-order valence-corrected chi connectivity index (χ0v) is 10.4. The van der Waals surface area contributed by atoms with Crippen molar-refractivity contribution in [2.24, 2.45) is 0 Å². The summed E-state index contributed by atoms with van der Waals surface area (Å²) in [6.45, 7) is 0.242. The van der Waals surface area contributed by atoms with Crippen LogP contribution in [0.3, 0.4) is 0 Å². The number of nitrogens with one attached hydrogen (secondary N) is 1. The zero-order valence-electron chi connectivity index (χ0n) is 10.4. The molecule has 1 unspecified atom stereocenters. The molecule has 1 aromatic rings. The van der Waals surface area contributed by atoms with Crippen LogP contribution in [0.2, 0.25) is 0 Å². The van der Waals surface area contributed by atoms with Gasteiger partial charge in [-0.25, -0.2) is 4.79 Å². The number of hydrogen-bond donors (Lipinski definition) is 2. The minimum atomic E-state index is -1.06. The van der Waals surface area contributed by atoms with Gasteiger partial charge < -0.3 is 9.52 Å². The topological polar surface area (TPSA) is 99.8 Å². The van der Waals surface area contributed by atoms with E-state index in [4.69, 9.17) is 9.52 Å². The van der Waals surface area contributed by atoms with Crippen LogP contribution < -0.4 is 5.32 Å². The van der Waals surface area contributed by atoms with Crippen molar-refractivity contribution in [3.8, 4) is 0 Å². The smallest absolute Gasteiger partial charge is 0.338 e. The number of carbonyl (C=O) groups excluding carboxylic acids is 2. The fraction of sp³-hybridized carbons (Fsp3) is 0.417. The Morgan fingerprint density at radius 3 is 2.95 bits per heavy atom. The standard InChI is InChI=1S/C12H14N2O5/c1-14-10(15)3-2-9(11(14)16)13-5-8-4-7(6-19-8)12(17)18/h4,6,9,13H,2-3,5H2,1H3,(H,17,18). The molecule has 19 heavy (non-hydrogen) atoms. The van der Waals surface area contributed by atoms with Crippen molar-refractivity contribution < 1.29 is 23.9 Å². The molecule has 0 saturated carbocycles. The third-order valence-corrected chi connectivity index (χ3v) is 3.07. The molecule has 102 valence electrons. The summed E-state index contributed by atoms with van der Waals surface area (Å²) in [5.74, 6) is -1.09. The number of carboxylic acid groups (broad SMARTS) is 1. The summed E-state index contributed by atoms with van der Waals surface area (Å²) in [6, 6.07) is 0.957. The van der Waals surface area contributed by atoms with Crippen LogP contribution in [-0.2, 0) is 16.1 Å². The van der Waals surface area contributed by atoms with Gasteiger partial charge in [0, 0.05) is 13.5 Å². The molecule has 0 aliphatic carbocycles. The molecule has 7 nitrogen and oxygen atoms in total. The van der Waals surface area contributed by atoms with Gasteiger partial charge in [-0.15, -0.1) is 0 Å². The van der Waals surface area contributed by atoms with Gasteiger partial charge in [0.2, 0.25) is 11.8 Å². The van der Waals surface area contributed by atoms with Gasteiger partial charge in [-0.3, -0.25) is 19.8 Å². The lowest BCUT2D eigenvalue weighted by Gasteiger charge is -2.27. The number of amides is 2. The molecule has 1 aliphatic heterocycles. The number of piperidine rings is 1. The van der Waals surface area contributed by atoms with Crippen molar-refractivity contribution in [3.63, 3.8) is 0 Å². The number of likely N-dealkylation sites (tertiary alicyclic amines) is 1. The van der Waals surface area contributed by atoms with Crippen LogP contribution in [-0.4, -0.2) is 40.9 Å². The summed E-state index contributed by atoms with van der Waals surface area (Å²) < 4.78 is 5.07. The molecule has 2 N–H and O–H groups in total. The highest BCUT2D eigenvalue weighted by atomic mass is 16.4. The van der Waals surface area contributed by atoms with Gasteiger partial charge in [-0.1, -0.05) is 0 Å². The Hall–Kier alpha value is -2.15. The average molecular weight is 266 g/mol. The molecular weight excluding hydrogens is 252 g/mol. The Balaban J connectivity index is 1.93. The largest absolute Gasteiger partial charge is 0.478 e. The first kappa shape index (κ1) is 13.3. The Kier molecular flexibility index (Phi) is 3.66. The predicted molar refractivity (Wildman–Crippen MR) is 63.3 cm³/mol. The van der Waals surface area contributed by atoms with E-state index >= 15 is 0 Å². The molecule has 1 fully saturated rings. The average Bonchev–Trinajstić information content (AvgIpc) is 2.84. The van der Waals surface area contributed by atoms with Crippen LogP contribution >= 0.6 is 0 Å². The normalized spacial score (nSPS) is 19.8. The minimum absolute atomic E-state index is 0.0686. The number of likely N-dealkylation sites (N-methyl/N-ethyl adjacent to an activating group) is 1. The van der Waals surface area contributed by atoms with Crippen molar-refractivity contribution in [2.75, 3.05) is 7.05 Å². The molecule has 0 radical (unpaired) electrons. The van der Waals surface area contributed by atoms with Crippen LogP contribution in [0.5, 0.6) is 0 Å². The number of carboxylic acids is 1. The highest BCUT2D eigenvalue weighted by Crippen LogP contribution is 2.13. The van der Waals surface area contributed by atoms with Crippen LogP contribution in [0.1, 0.15) is 29.0 Å². The van der Waals surface area contributed by atoms with E-state index < -0.39 is 12.0 Å². The number of hydrogen-bond acceptors (Lipinski definition) is 5. The molecule has 0 spiro atoms. The van der Waals surface area contributed by atoms with Gasteiger partial charge in [-0.2, -0.15) is 0 Å². The van der Waals surface area contributed by atoms with Crippen molar-refractivity contribution >= 4 is 17.8 Å². The van der Waals surface area contributed by atoms with E-state index in [9.17, 15) is 14.4 Å². The Morgan fingerprint density at radius 2 is 2.32 bits per heavy atom. The third-order valence-electron chi connectivity index (χ3n) is 3.07. The van der Waals surface area contributed by atoms with Gasteiger partial charge in [-0.05, 0) is 12.5 Å². The Bertz CT molecular complexity index is 522. The van der Waals surface area contributed by atoms with E-state index in [1.807, 2.05) is 0 Å². The van der Waals surface area contributed by atoms with Crippen molar-refractivity contribution in [3.05, 3.63) is 23.7 Å². The van der Waals surface area contributed by atoms with E-state index in [-0.39, 0.29) is 23.9 Å². The lowest BCUT2D eigenvalue weighted by atomic mass is 10.0. The lowest BCUT2D eigenvalue weighted by molar-refractivity contribution is -0.148. The minimum Gasteiger partial charge on any atom is -0.478 e. The number of carbonyl (C=O) groups is 3. The van der Waals surface area contributed by atoms with Gasteiger partial charge in [0.05, 0.1) is 18.2 Å². The fourth-order valence-corrected chi connectivity index (χ4v) is 1.91. The highest BCUT2D eigenvalue weighted by Gasteiger charge is 2.31. The summed E-state index contributed by atoms with van der Waals surface area (Å²) >= 11 is 0. The number of rotatable bonds is 4. The summed E-state index contributed by atoms with van der Waals surface area (Å²) in [7, 11) is 1.45. The second kappa shape index (κ2) is 5.23. The van der Waals surface area contributed by atoms with Crippen molar-refractivity contribution in [2.45, 2.75) is 25.4 Å². The first-order valence-corrected chi connectivity index (χ1v) is 5.83. The first-order valence-electron chi connectivity index (χ1n) is 5.83. The van der Waals surface area contributed by atoms with Gasteiger partial charge >= 0.3 is 5.97 Å². The van der Waals surface area contributed by atoms with Crippen LogP contribution in [0.15, 0.2) is 16.7 Å². The summed E-state index contributed by atoms with van der Waals surface area (Å²) in [5.41, 5.74) is 0.0686. The maximum Gasteiger partial charge on any atom is 0.338 e. The molecule has 7 heteroatoms. The quantitative estimate of drug-likeness (QED) is 0.756. The van der Waals surface area contributed by atoms with Crippen LogP contribution in [0, 0.1) is 0 Å². The summed E-state index contributed by atoms with van der Waals surface area (Å²) in [5, 5.41) is 11.7. The molecule has 2 rings (SSSR count). The van der Waals surface area contributed by atoms with Gasteiger partial charge in [0.15, 0.2) is 0 Å². The number of aromatic carboxylic acids is 1. The van der Waals surface area contributed by atoms with Gasteiger partial charge in [0.25, 0.3) is 0 Å². The van der Waals surface area contributed by atoms with E-state index in [1.54, 1.807) is 0 Å². The first-order chi connectivity index (χ1) is 8.99. The van der Waals surface area contributed by atoms with E-state index in [0.717, 1.165) is 11.2 Å². The second-order valence-electron chi connectivity index (χ2n) is 4.37. The Labute approximate surface area is 109 Å². The number of nitrogens with zero attached hydrogens (tertiary/aromatic N) is 1. The summed E-state index contributed by atoms with van der Waals surface area (Å²) in [4.78, 5) is 34.9. The maximum atomic E-state index is 11.8. The lowest BCUT2D eigenvalue weighted by Crippen LogP contribution is -2.51. The second-order valence-corrected chi connectivity index (χ2v) is 4.37. The summed E-state index contributed by atoms with van der Waals surface area (Å²) in [6.07, 6.45) is 1.91. The van der Waals surface area contributed by atoms with E-state index in [2.05, 4.69) is 5.32 Å². The van der Waals surface area contributed by atoms with Gasteiger partial charge in [0.1, 0.15) is 12.0 Å². The monoisotopic (exact) mass is 266 g/mol. The predicted octanol–water partition coefficient (Wildman–Crippen LogP) is 0.215. The van der Waals surface area contributed by atoms with Crippen molar-refractivity contribution in [1.82, 2.24) is 10.2 Å². The highest BCUT2D eigenvalue weighted by molar-refractivity contribution is 6.00. The molecule has 1 aromatic heterocycles.